The summed E-state index contributed by atoms with van der Waals surface area (Å²) in [4.78, 5) is 6.65. The second-order valence-electron chi connectivity index (χ2n) is 5.62. The molecule has 0 amide bonds. The highest BCUT2D eigenvalue weighted by atomic mass is 16.5. The van der Waals surface area contributed by atoms with Crippen LogP contribution in [0.2, 0.25) is 0 Å². The number of rotatable bonds is 5. The van der Waals surface area contributed by atoms with Gasteiger partial charge < -0.3 is 20.1 Å². The fourth-order valence-corrected chi connectivity index (χ4v) is 2.49. The lowest BCUT2D eigenvalue weighted by Gasteiger charge is -2.31. The van der Waals surface area contributed by atoms with Crippen LogP contribution in [0.3, 0.4) is 0 Å². The van der Waals surface area contributed by atoms with E-state index in [4.69, 9.17) is 15.2 Å². The molecule has 19 heavy (non-hydrogen) atoms. The molecular weight excluding hydrogens is 242 g/mol. The molecule has 2 aliphatic heterocycles. The number of likely N-dealkylation sites (tertiary alicyclic amines) is 1. The van der Waals surface area contributed by atoms with Gasteiger partial charge in [0.2, 0.25) is 0 Å². The summed E-state index contributed by atoms with van der Waals surface area (Å²) < 4.78 is 11.0. The first kappa shape index (κ1) is 14.6. The van der Waals surface area contributed by atoms with Gasteiger partial charge in [-0.3, -0.25) is 4.99 Å². The first-order valence-corrected chi connectivity index (χ1v) is 7.50. The van der Waals surface area contributed by atoms with Crippen LogP contribution in [0.25, 0.3) is 0 Å². The van der Waals surface area contributed by atoms with Crippen molar-refractivity contribution in [3.05, 3.63) is 0 Å². The predicted molar refractivity (Wildman–Crippen MR) is 76.3 cm³/mol. The molecule has 0 aliphatic carbocycles. The summed E-state index contributed by atoms with van der Waals surface area (Å²) in [5.41, 5.74) is 6.01. The van der Waals surface area contributed by atoms with Crippen LogP contribution in [0.1, 0.15) is 32.6 Å². The van der Waals surface area contributed by atoms with Crippen LogP contribution in [0.15, 0.2) is 4.99 Å². The fraction of sp³-hybridized carbons (Fsp3) is 0.929. The number of ether oxygens (including phenoxy) is 2. The van der Waals surface area contributed by atoms with Crippen LogP contribution >= 0.6 is 0 Å². The molecule has 110 valence electrons. The lowest BCUT2D eigenvalue weighted by molar-refractivity contribution is 0.0424. The molecule has 0 radical (unpaired) electrons. The minimum Gasteiger partial charge on any atom is -0.379 e. The second kappa shape index (κ2) is 7.70. The van der Waals surface area contributed by atoms with Crippen LogP contribution in [0.4, 0.5) is 0 Å². The van der Waals surface area contributed by atoms with E-state index in [-0.39, 0.29) is 0 Å². The van der Waals surface area contributed by atoms with Crippen molar-refractivity contribution in [2.24, 2.45) is 16.6 Å². The third-order valence-electron chi connectivity index (χ3n) is 3.93. The highest BCUT2D eigenvalue weighted by molar-refractivity contribution is 5.78. The molecule has 5 nitrogen and oxygen atoms in total. The lowest BCUT2D eigenvalue weighted by Crippen LogP contribution is -2.42. The van der Waals surface area contributed by atoms with Gasteiger partial charge in [-0.1, -0.05) is 6.92 Å². The van der Waals surface area contributed by atoms with Gasteiger partial charge in [0.05, 0.1) is 12.7 Å². The number of piperidine rings is 1. The molecule has 5 heteroatoms. The molecule has 0 aromatic carbocycles. The molecule has 0 saturated carbocycles. The molecular formula is C14H27N3O2. The average molecular weight is 269 g/mol. The van der Waals surface area contributed by atoms with Crippen LogP contribution in [-0.2, 0) is 9.47 Å². The van der Waals surface area contributed by atoms with Gasteiger partial charge in [0.1, 0.15) is 0 Å². The van der Waals surface area contributed by atoms with Crippen molar-refractivity contribution in [1.29, 1.82) is 0 Å². The molecule has 2 aliphatic rings. The van der Waals surface area contributed by atoms with E-state index in [1.165, 1.54) is 12.8 Å². The number of aliphatic imine (C=N–C) groups is 1. The average Bonchev–Trinajstić information content (AvgIpc) is 2.92. The highest BCUT2D eigenvalue weighted by Crippen LogP contribution is 2.15. The minimum atomic E-state index is 0.296. The van der Waals surface area contributed by atoms with E-state index in [0.29, 0.717) is 12.1 Å². The molecule has 0 spiro atoms. The molecule has 1 unspecified atom stereocenters. The third kappa shape index (κ3) is 4.99. The maximum atomic E-state index is 6.01. The van der Waals surface area contributed by atoms with E-state index in [9.17, 15) is 0 Å². The molecule has 2 N–H and O–H groups in total. The quantitative estimate of drug-likeness (QED) is 0.463. The van der Waals surface area contributed by atoms with Crippen LogP contribution in [-0.4, -0.2) is 56.4 Å². The standard InChI is InChI=1S/C14H27N3O2/c1-12-3-7-17(8-4-12)14(15)16-6-2-9-19-13-5-10-18-11-13/h12-13H,2-11H2,1H3,(H2,15,16). The van der Waals surface area contributed by atoms with Crippen molar-refractivity contribution in [3.8, 4) is 0 Å². The zero-order chi connectivity index (χ0) is 13.5. The Hall–Kier alpha value is -0.810. The van der Waals surface area contributed by atoms with Gasteiger partial charge in [-0.15, -0.1) is 0 Å². The van der Waals surface area contributed by atoms with Gasteiger partial charge in [0.25, 0.3) is 0 Å². The third-order valence-corrected chi connectivity index (χ3v) is 3.93. The molecule has 2 heterocycles. The summed E-state index contributed by atoms with van der Waals surface area (Å²) in [6.07, 6.45) is 4.70. The smallest absolute Gasteiger partial charge is 0.191 e. The number of nitrogens with zero attached hydrogens (tertiary/aromatic N) is 2. The topological polar surface area (TPSA) is 60.1 Å². The van der Waals surface area contributed by atoms with Crippen molar-refractivity contribution in [2.75, 3.05) is 39.5 Å². The van der Waals surface area contributed by atoms with E-state index < -0.39 is 0 Å². The summed E-state index contributed by atoms with van der Waals surface area (Å²) in [6.45, 7) is 7.49. The summed E-state index contributed by atoms with van der Waals surface area (Å²) in [7, 11) is 0. The van der Waals surface area contributed by atoms with Gasteiger partial charge in [0, 0.05) is 32.8 Å². The number of hydrogen-bond donors (Lipinski definition) is 1. The summed E-state index contributed by atoms with van der Waals surface area (Å²) in [6, 6.07) is 0. The van der Waals surface area contributed by atoms with Crippen molar-refractivity contribution >= 4 is 5.96 Å². The zero-order valence-electron chi connectivity index (χ0n) is 12.0. The first-order valence-electron chi connectivity index (χ1n) is 7.50. The van der Waals surface area contributed by atoms with E-state index in [2.05, 4.69) is 16.8 Å². The van der Waals surface area contributed by atoms with E-state index in [1.807, 2.05) is 0 Å². The second-order valence-corrected chi connectivity index (χ2v) is 5.62. The lowest BCUT2D eigenvalue weighted by atomic mass is 10.00. The Balaban J connectivity index is 1.56. The maximum Gasteiger partial charge on any atom is 0.191 e. The largest absolute Gasteiger partial charge is 0.379 e. The predicted octanol–water partition coefficient (Wildman–Crippen LogP) is 1.23. The van der Waals surface area contributed by atoms with Gasteiger partial charge in [-0.05, 0) is 31.6 Å². The summed E-state index contributed by atoms with van der Waals surface area (Å²) in [5, 5.41) is 0. The Morgan fingerprint density at radius 3 is 2.84 bits per heavy atom. The SMILES string of the molecule is CC1CCN(C(N)=NCCCOC2CCOC2)CC1. The van der Waals surface area contributed by atoms with E-state index >= 15 is 0 Å². The molecule has 2 rings (SSSR count). The van der Waals surface area contributed by atoms with Crippen molar-refractivity contribution < 1.29 is 9.47 Å². The molecule has 1 atom stereocenters. The van der Waals surface area contributed by atoms with Gasteiger partial charge >= 0.3 is 0 Å². The van der Waals surface area contributed by atoms with Crippen molar-refractivity contribution in [3.63, 3.8) is 0 Å². The fourth-order valence-electron chi connectivity index (χ4n) is 2.49. The number of nitrogens with two attached hydrogens (primary N) is 1. The first-order chi connectivity index (χ1) is 9.25. The van der Waals surface area contributed by atoms with Gasteiger partial charge in [-0.2, -0.15) is 0 Å². The minimum absolute atomic E-state index is 0.296. The molecule has 0 aromatic rings. The van der Waals surface area contributed by atoms with Gasteiger partial charge in [-0.25, -0.2) is 0 Å². The highest BCUT2D eigenvalue weighted by Gasteiger charge is 2.17. The molecule has 2 saturated heterocycles. The Kier molecular flexibility index (Phi) is 5.92. The molecule has 0 aromatic heterocycles. The summed E-state index contributed by atoms with van der Waals surface area (Å²) in [5.74, 6) is 1.53. The molecule has 2 fully saturated rings. The summed E-state index contributed by atoms with van der Waals surface area (Å²) >= 11 is 0. The monoisotopic (exact) mass is 269 g/mol. The van der Waals surface area contributed by atoms with E-state index in [1.54, 1.807) is 0 Å². The van der Waals surface area contributed by atoms with Crippen LogP contribution in [0, 0.1) is 5.92 Å². The normalized spacial score (nSPS) is 26.1. The Morgan fingerprint density at radius 2 is 2.16 bits per heavy atom. The zero-order valence-corrected chi connectivity index (χ0v) is 12.0. The Morgan fingerprint density at radius 1 is 1.37 bits per heavy atom. The Labute approximate surface area is 116 Å². The molecule has 0 bridgehead atoms. The van der Waals surface area contributed by atoms with Crippen LogP contribution in [0.5, 0.6) is 0 Å². The van der Waals surface area contributed by atoms with Crippen molar-refractivity contribution in [1.82, 2.24) is 4.90 Å². The Bertz CT molecular complexity index is 282. The van der Waals surface area contributed by atoms with E-state index in [0.717, 1.165) is 58.2 Å². The number of guanidine groups is 1. The number of hydrogen-bond acceptors (Lipinski definition) is 3. The van der Waals surface area contributed by atoms with Crippen molar-refractivity contribution in [2.45, 2.75) is 38.7 Å². The maximum absolute atomic E-state index is 6.01. The van der Waals surface area contributed by atoms with Crippen LogP contribution < -0.4 is 5.73 Å². The van der Waals surface area contributed by atoms with Gasteiger partial charge in [0.15, 0.2) is 5.96 Å².